The van der Waals surface area contributed by atoms with Crippen molar-refractivity contribution in [3.63, 3.8) is 0 Å². The molecule has 1 amide bonds. The smallest absolute Gasteiger partial charge is 0.231 e. The zero-order valence-electron chi connectivity index (χ0n) is 20.7. The predicted molar refractivity (Wildman–Crippen MR) is 141 cm³/mol. The number of hydrogen-bond donors (Lipinski definition) is 2. The standard InChI is InChI=1S/C25H31BrN6O3S/c1-25(2,3)11-20(33)29-16(14-5-4-6-14)7-8-32-12-28-22(27)21-23(32)31-24(30-21)36-19-10-18-17(9-15(19)26)34-13-35-18/h9-10,12,14,16H,4-8,11,13,27H2,1-3H3,(H,29,33). The minimum atomic E-state index is -0.0397. The van der Waals surface area contributed by atoms with Gasteiger partial charge in [0.05, 0.1) is 6.33 Å². The molecule has 0 bridgehead atoms. The van der Waals surface area contributed by atoms with Gasteiger partial charge in [0.2, 0.25) is 12.7 Å². The van der Waals surface area contributed by atoms with Crippen molar-refractivity contribution in [1.29, 1.82) is 0 Å². The fourth-order valence-corrected chi connectivity index (χ4v) is 5.86. The van der Waals surface area contributed by atoms with Crippen LogP contribution in [0.25, 0.3) is 11.5 Å². The highest BCUT2D eigenvalue weighted by Gasteiger charge is 2.30. The van der Waals surface area contributed by atoms with Gasteiger partial charge < -0.3 is 25.1 Å². The number of fused-ring (bicyclic) bond motifs is 2. The van der Waals surface area contributed by atoms with Gasteiger partial charge in [-0.3, -0.25) is 4.79 Å². The summed E-state index contributed by atoms with van der Waals surface area (Å²) in [6.07, 6.45) is 6.56. The number of ether oxygens (including phenoxy) is 2. The molecule has 1 aromatic rings. The van der Waals surface area contributed by atoms with Gasteiger partial charge in [-0.05, 0) is 70.4 Å². The maximum Gasteiger partial charge on any atom is 0.231 e. The maximum atomic E-state index is 12.7. The SMILES string of the molecule is CC(C)(C)CC(=O)NC(CCn1cnc(N)c2nc(Sc3cc4c(cc3Br)OCO4)nc1-2)C1CCC1. The number of benzene rings is 1. The fourth-order valence-electron chi connectivity index (χ4n) is 4.50. The average molecular weight is 576 g/mol. The molecular weight excluding hydrogens is 544 g/mol. The number of anilines is 1. The minimum Gasteiger partial charge on any atom is -0.454 e. The van der Waals surface area contributed by atoms with E-state index in [0.29, 0.717) is 52.9 Å². The molecule has 11 heteroatoms. The quantitative estimate of drug-likeness (QED) is 0.381. The molecule has 36 heavy (non-hydrogen) atoms. The summed E-state index contributed by atoms with van der Waals surface area (Å²) in [6, 6.07) is 3.94. The van der Waals surface area contributed by atoms with Gasteiger partial charge in [0.25, 0.3) is 0 Å². The Morgan fingerprint density at radius 1 is 1.28 bits per heavy atom. The molecule has 3 heterocycles. The summed E-state index contributed by atoms with van der Waals surface area (Å²) in [6.45, 7) is 7.14. The molecule has 9 nitrogen and oxygen atoms in total. The number of carbonyl (C=O) groups is 1. The lowest BCUT2D eigenvalue weighted by molar-refractivity contribution is -0.124. The van der Waals surface area contributed by atoms with E-state index in [4.69, 9.17) is 20.2 Å². The van der Waals surface area contributed by atoms with Crippen LogP contribution in [0.1, 0.15) is 52.9 Å². The van der Waals surface area contributed by atoms with E-state index >= 15 is 0 Å². The number of nitrogen functional groups attached to an aromatic ring is 1. The molecule has 4 aliphatic rings. The van der Waals surface area contributed by atoms with Crippen LogP contribution < -0.4 is 20.5 Å². The van der Waals surface area contributed by atoms with Gasteiger partial charge in [0.1, 0.15) is 0 Å². The Balaban J connectivity index is 1.33. The first-order valence-corrected chi connectivity index (χ1v) is 13.8. The summed E-state index contributed by atoms with van der Waals surface area (Å²) in [4.78, 5) is 27.4. The number of hydrogen-bond acceptors (Lipinski definition) is 8. The normalized spacial score (nSPS) is 16.2. The Bertz CT molecular complexity index is 1240. The van der Waals surface area contributed by atoms with E-state index in [1.807, 2.05) is 16.7 Å². The van der Waals surface area contributed by atoms with E-state index < -0.39 is 0 Å². The molecule has 1 unspecified atom stereocenters. The molecular formula is C25H31BrN6O3S. The predicted octanol–water partition coefficient (Wildman–Crippen LogP) is 5.11. The topological polar surface area (TPSA) is 117 Å². The summed E-state index contributed by atoms with van der Waals surface area (Å²) in [5, 5.41) is 3.88. The lowest BCUT2D eigenvalue weighted by atomic mass is 9.78. The first kappa shape index (κ1) is 25.1. The van der Waals surface area contributed by atoms with Crippen molar-refractivity contribution in [2.75, 3.05) is 12.5 Å². The van der Waals surface area contributed by atoms with Crippen molar-refractivity contribution in [1.82, 2.24) is 24.8 Å². The molecule has 1 fully saturated rings. The third-order valence-corrected chi connectivity index (χ3v) is 8.38. The molecule has 0 aromatic heterocycles. The van der Waals surface area contributed by atoms with Crippen LogP contribution in [-0.2, 0) is 11.3 Å². The number of aryl methyl sites for hydroxylation is 1. The summed E-state index contributed by atoms with van der Waals surface area (Å²) >= 11 is 5.02. The Hall–Kier alpha value is -2.53. The van der Waals surface area contributed by atoms with E-state index in [-0.39, 0.29) is 24.2 Å². The number of amides is 1. The number of nitrogens with two attached hydrogens (primary N) is 1. The molecule has 192 valence electrons. The van der Waals surface area contributed by atoms with Crippen molar-refractivity contribution in [3.8, 4) is 23.0 Å². The summed E-state index contributed by atoms with van der Waals surface area (Å²) < 4.78 is 13.8. The number of nitrogens with one attached hydrogen (secondary N) is 1. The third-order valence-electron chi connectivity index (χ3n) is 6.54. The molecule has 0 saturated heterocycles. The lowest BCUT2D eigenvalue weighted by Crippen LogP contribution is -2.44. The lowest BCUT2D eigenvalue weighted by Gasteiger charge is -2.35. The highest BCUT2D eigenvalue weighted by atomic mass is 79.9. The number of nitrogens with zero attached hydrogens (tertiary/aromatic N) is 4. The van der Waals surface area contributed by atoms with Gasteiger partial charge in [-0.25, -0.2) is 15.0 Å². The van der Waals surface area contributed by atoms with Crippen LogP contribution in [0.3, 0.4) is 0 Å². The van der Waals surface area contributed by atoms with Gasteiger partial charge in [0, 0.05) is 28.4 Å². The van der Waals surface area contributed by atoms with Crippen molar-refractivity contribution in [2.24, 2.45) is 11.3 Å². The van der Waals surface area contributed by atoms with Crippen molar-refractivity contribution in [2.45, 2.75) is 75.5 Å². The van der Waals surface area contributed by atoms with Gasteiger partial charge >= 0.3 is 0 Å². The molecule has 1 aromatic carbocycles. The fraction of sp³-hybridized carbons (Fsp3) is 0.520. The molecule has 3 N–H and O–H groups in total. The number of aromatic nitrogens is 4. The largest absolute Gasteiger partial charge is 0.454 e. The van der Waals surface area contributed by atoms with Crippen LogP contribution in [0, 0.1) is 11.3 Å². The molecule has 0 radical (unpaired) electrons. The number of halogens is 1. The van der Waals surface area contributed by atoms with Crippen LogP contribution in [0.5, 0.6) is 11.5 Å². The van der Waals surface area contributed by atoms with Crippen LogP contribution >= 0.6 is 27.7 Å². The minimum absolute atomic E-state index is 0.0397. The molecule has 0 spiro atoms. The van der Waals surface area contributed by atoms with Crippen LogP contribution in [0.2, 0.25) is 0 Å². The first-order valence-electron chi connectivity index (χ1n) is 12.2. The highest BCUT2D eigenvalue weighted by molar-refractivity contribution is 9.10. The molecule has 1 atom stereocenters. The number of rotatable bonds is 8. The van der Waals surface area contributed by atoms with Crippen LogP contribution in [0.15, 0.2) is 33.0 Å². The number of imidazole rings is 1. The average Bonchev–Trinajstić information content (AvgIpc) is 3.38. The Kier molecular flexibility index (Phi) is 7.04. The monoisotopic (exact) mass is 574 g/mol. The molecule has 1 aliphatic carbocycles. The summed E-state index contributed by atoms with van der Waals surface area (Å²) in [7, 11) is 0. The van der Waals surface area contributed by atoms with Crippen molar-refractivity contribution in [3.05, 3.63) is 22.9 Å². The summed E-state index contributed by atoms with van der Waals surface area (Å²) in [5.74, 6) is 3.08. The van der Waals surface area contributed by atoms with Crippen molar-refractivity contribution < 1.29 is 14.3 Å². The van der Waals surface area contributed by atoms with E-state index in [9.17, 15) is 4.79 Å². The van der Waals surface area contributed by atoms with E-state index in [2.05, 4.69) is 52.0 Å². The Labute approximate surface area is 223 Å². The third kappa shape index (κ3) is 5.56. The van der Waals surface area contributed by atoms with Gasteiger partial charge in [-0.2, -0.15) is 0 Å². The molecule has 3 aliphatic heterocycles. The molecule has 1 saturated carbocycles. The molecule has 5 rings (SSSR count). The first-order chi connectivity index (χ1) is 17.2. The second kappa shape index (κ2) is 10.1. The second-order valence-corrected chi connectivity index (χ2v) is 12.5. The Morgan fingerprint density at radius 2 is 2.03 bits per heavy atom. The second-order valence-electron chi connectivity index (χ2n) is 10.6. The Morgan fingerprint density at radius 3 is 2.72 bits per heavy atom. The van der Waals surface area contributed by atoms with Crippen LogP contribution in [0.4, 0.5) is 5.82 Å². The number of carbonyl (C=O) groups excluding carboxylic acids is 1. The van der Waals surface area contributed by atoms with E-state index in [0.717, 1.165) is 28.6 Å². The summed E-state index contributed by atoms with van der Waals surface area (Å²) in [5.41, 5.74) is 6.69. The zero-order chi connectivity index (χ0) is 25.4. The zero-order valence-corrected chi connectivity index (χ0v) is 23.1. The van der Waals surface area contributed by atoms with Gasteiger partial charge in [-0.1, -0.05) is 27.2 Å². The van der Waals surface area contributed by atoms with Crippen molar-refractivity contribution >= 4 is 39.4 Å². The highest BCUT2D eigenvalue weighted by Crippen LogP contribution is 2.43. The van der Waals surface area contributed by atoms with E-state index in [1.54, 1.807) is 6.33 Å². The van der Waals surface area contributed by atoms with Gasteiger partial charge in [0.15, 0.2) is 34.0 Å². The van der Waals surface area contributed by atoms with E-state index in [1.165, 1.54) is 18.2 Å². The van der Waals surface area contributed by atoms with Gasteiger partial charge in [-0.15, -0.1) is 0 Å². The maximum absolute atomic E-state index is 12.7. The van der Waals surface area contributed by atoms with Crippen LogP contribution in [-0.4, -0.2) is 38.3 Å².